The maximum absolute atomic E-state index is 11.5. The molecule has 0 aliphatic carbocycles. The van der Waals surface area contributed by atoms with Gasteiger partial charge in [0.15, 0.2) is 6.61 Å². The van der Waals surface area contributed by atoms with Gasteiger partial charge in [0.05, 0.1) is 24.6 Å². The minimum absolute atomic E-state index is 0.00139. The van der Waals surface area contributed by atoms with E-state index in [1.54, 1.807) is 12.1 Å². The number of pyridine rings is 1. The molecule has 0 aromatic carbocycles. The topological polar surface area (TPSA) is 102 Å². The summed E-state index contributed by atoms with van der Waals surface area (Å²) in [5.41, 5.74) is -0.00139. The Hall–Kier alpha value is -2.83. The van der Waals surface area contributed by atoms with Crippen molar-refractivity contribution in [3.05, 3.63) is 48.2 Å². The van der Waals surface area contributed by atoms with Crippen LogP contribution in [-0.2, 0) is 11.3 Å². The molecule has 7 nitrogen and oxygen atoms in total. The zero-order chi connectivity index (χ0) is 14.4. The molecule has 7 heteroatoms. The first-order valence-corrected chi connectivity index (χ1v) is 5.75. The van der Waals surface area contributed by atoms with Crippen molar-refractivity contribution in [3.8, 4) is 5.75 Å². The van der Waals surface area contributed by atoms with E-state index in [1.165, 1.54) is 24.7 Å². The maximum Gasteiger partial charge on any atom is 0.337 e. The molecule has 104 valence electrons. The Labute approximate surface area is 114 Å². The predicted molar refractivity (Wildman–Crippen MR) is 67.2 cm³/mol. The molecule has 2 N–H and O–H groups in total. The zero-order valence-electron chi connectivity index (χ0n) is 10.4. The SMILES string of the molecule is O=C(COc1cncc(C(=O)O)c1)NCc1ccco1. The third-order valence-corrected chi connectivity index (χ3v) is 2.37. The molecule has 2 heterocycles. The Morgan fingerprint density at radius 1 is 1.40 bits per heavy atom. The number of furan rings is 1. The number of hydrogen-bond acceptors (Lipinski definition) is 5. The van der Waals surface area contributed by atoms with Gasteiger partial charge in [-0.15, -0.1) is 0 Å². The van der Waals surface area contributed by atoms with E-state index in [0.717, 1.165) is 0 Å². The van der Waals surface area contributed by atoms with Gasteiger partial charge < -0.3 is 19.6 Å². The molecule has 0 aliphatic rings. The molecule has 2 aromatic heterocycles. The van der Waals surface area contributed by atoms with E-state index < -0.39 is 5.97 Å². The fraction of sp³-hybridized carbons (Fsp3) is 0.154. The molecule has 0 fully saturated rings. The number of carboxylic acids is 1. The van der Waals surface area contributed by atoms with Crippen LogP contribution in [0.3, 0.4) is 0 Å². The number of aromatic nitrogens is 1. The average molecular weight is 276 g/mol. The molecule has 2 aromatic rings. The number of carbonyl (C=O) groups excluding carboxylic acids is 1. The second-order valence-electron chi connectivity index (χ2n) is 3.86. The van der Waals surface area contributed by atoms with Crippen LogP contribution >= 0.6 is 0 Å². The number of hydrogen-bond donors (Lipinski definition) is 2. The van der Waals surface area contributed by atoms with E-state index in [-0.39, 0.29) is 30.4 Å². The van der Waals surface area contributed by atoms with Crippen molar-refractivity contribution in [3.63, 3.8) is 0 Å². The predicted octanol–water partition coefficient (Wildman–Crippen LogP) is 1.07. The summed E-state index contributed by atoms with van der Waals surface area (Å²) in [6, 6.07) is 4.76. The summed E-state index contributed by atoms with van der Waals surface area (Å²) >= 11 is 0. The molecule has 0 radical (unpaired) electrons. The summed E-state index contributed by atoms with van der Waals surface area (Å²) in [7, 11) is 0. The van der Waals surface area contributed by atoms with Crippen molar-refractivity contribution in [2.75, 3.05) is 6.61 Å². The van der Waals surface area contributed by atoms with Crippen molar-refractivity contribution in [1.82, 2.24) is 10.3 Å². The summed E-state index contributed by atoms with van der Waals surface area (Å²) in [5, 5.41) is 11.4. The van der Waals surface area contributed by atoms with Gasteiger partial charge in [-0.2, -0.15) is 0 Å². The van der Waals surface area contributed by atoms with Crippen molar-refractivity contribution < 1.29 is 23.8 Å². The number of nitrogens with one attached hydrogen (secondary N) is 1. The Balaban J connectivity index is 1.81. The summed E-state index contributed by atoms with van der Waals surface area (Å²) in [6.45, 7) is 0.0358. The minimum atomic E-state index is -1.11. The van der Waals surface area contributed by atoms with E-state index in [9.17, 15) is 9.59 Å². The van der Waals surface area contributed by atoms with Crippen LogP contribution in [-0.4, -0.2) is 28.6 Å². The number of carboxylic acid groups (broad SMARTS) is 1. The standard InChI is InChI=1S/C13H12N2O5/c16-12(15-7-10-2-1-3-19-10)8-20-11-4-9(13(17)18)5-14-6-11/h1-6H,7-8H2,(H,15,16)(H,17,18). The van der Waals surface area contributed by atoms with Gasteiger partial charge in [-0.25, -0.2) is 4.79 Å². The minimum Gasteiger partial charge on any atom is -0.482 e. The monoisotopic (exact) mass is 276 g/mol. The average Bonchev–Trinajstić information content (AvgIpc) is 2.96. The van der Waals surface area contributed by atoms with Gasteiger partial charge >= 0.3 is 5.97 Å². The number of carbonyl (C=O) groups is 2. The first-order chi connectivity index (χ1) is 9.65. The van der Waals surface area contributed by atoms with Crippen LogP contribution in [0.5, 0.6) is 5.75 Å². The van der Waals surface area contributed by atoms with Gasteiger partial charge in [0, 0.05) is 6.20 Å². The van der Waals surface area contributed by atoms with Crippen LogP contribution in [0.15, 0.2) is 41.3 Å². The molecular formula is C13H12N2O5. The molecule has 20 heavy (non-hydrogen) atoms. The molecule has 0 saturated carbocycles. The number of aromatic carboxylic acids is 1. The normalized spacial score (nSPS) is 10.0. The largest absolute Gasteiger partial charge is 0.482 e. The van der Waals surface area contributed by atoms with Gasteiger partial charge in [-0.05, 0) is 18.2 Å². The first-order valence-electron chi connectivity index (χ1n) is 5.75. The van der Waals surface area contributed by atoms with E-state index in [1.807, 2.05) is 0 Å². The Kier molecular flexibility index (Phi) is 4.33. The number of ether oxygens (including phenoxy) is 1. The van der Waals surface area contributed by atoms with Gasteiger partial charge in [-0.3, -0.25) is 9.78 Å². The molecule has 0 aliphatic heterocycles. The summed E-state index contributed by atoms with van der Waals surface area (Å²) in [6.07, 6.45) is 4.06. The van der Waals surface area contributed by atoms with Crippen LogP contribution in [0.4, 0.5) is 0 Å². The molecule has 0 atom stereocenters. The second-order valence-corrected chi connectivity index (χ2v) is 3.86. The number of rotatable bonds is 6. The van der Waals surface area contributed by atoms with Crippen LogP contribution < -0.4 is 10.1 Å². The Morgan fingerprint density at radius 2 is 2.25 bits per heavy atom. The van der Waals surface area contributed by atoms with Crippen LogP contribution in [0.1, 0.15) is 16.1 Å². The quantitative estimate of drug-likeness (QED) is 0.818. The Morgan fingerprint density at radius 3 is 2.95 bits per heavy atom. The van der Waals surface area contributed by atoms with Gasteiger partial charge in [0.1, 0.15) is 11.5 Å². The highest BCUT2D eigenvalue weighted by molar-refractivity contribution is 5.87. The fourth-order valence-electron chi connectivity index (χ4n) is 1.41. The van der Waals surface area contributed by atoms with Crippen LogP contribution in [0.25, 0.3) is 0 Å². The first kappa shape index (κ1) is 13.6. The summed E-state index contributed by atoms with van der Waals surface area (Å²) in [4.78, 5) is 26.0. The highest BCUT2D eigenvalue weighted by Crippen LogP contribution is 2.10. The lowest BCUT2D eigenvalue weighted by Gasteiger charge is -2.06. The van der Waals surface area contributed by atoms with E-state index >= 15 is 0 Å². The zero-order valence-corrected chi connectivity index (χ0v) is 10.4. The summed E-state index contributed by atoms with van der Waals surface area (Å²) < 4.78 is 10.2. The van der Waals surface area contributed by atoms with E-state index in [2.05, 4.69) is 10.3 Å². The molecule has 0 unspecified atom stereocenters. The van der Waals surface area contributed by atoms with Crippen molar-refractivity contribution in [1.29, 1.82) is 0 Å². The van der Waals surface area contributed by atoms with Crippen LogP contribution in [0.2, 0.25) is 0 Å². The number of nitrogens with zero attached hydrogens (tertiary/aromatic N) is 1. The maximum atomic E-state index is 11.5. The highest BCUT2D eigenvalue weighted by atomic mass is 16.5. The second kappa shape index (κ2) is 6.37. The van der Waals surface area contributed by atoms with E-state index in [0.29, 0.717) is 5.76 Å². The lowest BCUT2D eigenvalue weighted by Crippen LogP contribution is -2.28. The molecule has 0 saturated heterocycles. The Bertz CT molecular complexity index is 595. The summed E-state index contributed by atoms with van der Waals surface area (Å²) in [5.74, 6) is -0.599. The van der Waals surface area contributed by atoms with Gasteiger partial charge in [0.2, 0.25) is 0 Å². The molecule has 0 spiro atoms. The smallest absolute Gasteiger partial charge is 0.337 e. The third-order valence-electron chi connectivity index (χ3n) is 2.37. The lowest BCUT2D eigenvalue weighted by molar-refractivity contribution is -0.123. The molecular weight excluding hydrogens is 264 g/mol. The van der Waals surface area contributed by atoms with Gasteiger partial charge in [0.25, 0.3) is 5.91 Å². The molecule has 1 amide bonds. The molecule has 0 bridgehead atoms. The number of amides is 1. The third kappa shape index (κ3) is 3.84. The van der Waals surface area contributed by atoms with Gasteiger partial charge in [-0.1, -0.05) is 0 Å². The highest BCUT2D eigenvalue weighted by Gasteiger charge is 2.07. The molecule has 2 rings (SSSR count). The van der Waals surface area contributed by atoms with Crippen molar-refractivity contribution >= 4 is 11.9 Å². The van der Waals surface area contributed by atoms with Crippen molar-refractivity contribution in [2.45, 2.75) is 6.54 Å². The lowest BCUT2D eigenvalue weighted by atomic mass is 10.3. The van der Waals surface area contributed by atoms with Crippen molar-refractivity contribution in [2.24, 2.45) is 0 Å². The van der Waals surface area contributed by atoms with E-state index in [4.69, 9.17) is 14.3 Å². The fourth-order valence-corrected chi connectivity index (χ4v) is 1.41. The van der Waals surface area contributed by atoms with Crippen LogP contribution in [0, 0.1) is 0 Å².